The number of ketones is 1. The van der Waals surface area contributed by atoms with Gasteiger partial charge >= 0.3 is 0 Å². The number of anilines is 1. The van der Waals surface area contributed by atoms with Gasteiger partial charge in [-0.25, -0.2) is 8.78 Å². The first-order valence-electron chi connectivity index (χ1n) is 10.0. The summed E-state index contributed by atoms with van der Waals surface area (Å²) in [5.74, 6) is -2.41. The fraction of sp³-hybridized carbons (Fsp3) is 0.200. The quantitative estimate of drug-likeness (QED) is 0.608. The van der Waals surface area contributed by atoms with Crippen molar-refractivity contribution in [3.8, 4) is 16.9 Å². The van der Waals surface area contributed by atoms with E-state index in [0.29, 0.717) is 16.7 Å². The van der Waals surface area contributed by atoms with Crippen molar-refractivity contribution in [2.75, 3.05) is 11.9 Å². The maximum Gasteiger partial charge on any atom is 0.255 e. The number of carbonyl (C=O) groups excluding carboxylic acids is 2. The number of nitrogens with one attached hydrogen (secondary N) is 1. The van der Waals surface area contributed by atoms with Gasteiger partial charge in [-0.3, -0.25) is 9.59 Å². The van der Waals surface area contributed by atoms with E-state index in [0.717, 1.165) is 12.1 Å². The number of aryl methyl sites for hydroxylation is 1. The Morgan fingerprint density at radius 3 is 2.38 bits per heavy atom. The van der Waals surface area contributed by atoms with Crippen LogP contribution in [0, 0.1) is 18.6 Å². The molecule has 7 heteroatoms. The van der Waals surface area contributed by atoms with Gasteiger partial charge in [-0.05, 0) is 66.9 Å². The standard InChI is InChI=1S/C25H21F2NO4/c1-14-8-18-21(30)12-25(2,13-29)32-22(18)11-17(14)16-9-19(26)23(20(27)10-16)28-24(31)15-6-4-3-5-7-15/h3-11,29H,12-13H2,1-2H3,(H,28,31). The van der Waals surface area contributed by atoms with Crippen LogP contribution in [-0.2, 0) is 0 Å². The van der Waals surface area contributed by atoms with Gasteiger partial charge in [0.15, 0.2) is 5.78 Å². The molecule has 5 nitrogen and oxygen atoms in total. The molecule has 3 aromatic rings. The maximum absolute atomic E-state index is 14.8. The minimum Gasteiger partial charge on any atom is -0.484 e. The molecule has 0 bridgehead atoms. The largest absolute Gasteiger partial charge is 0.484 e. The highest BCUT2D eigenvalue weighted by molar-refractivity contribution is 6.04. The number of benzene rings is 3. The predicted octanol–water partition coefficient (Wildman–Crippen LogP) is 4.91. The molecule has 1 atom stereocenters. The molecular weight excluding hydrogens is 416 g/mol. The van der Waals surface area contributed by atoms with Crippen molar-refractivity contribution in [3.05, 3.63) is 82.9 Å². The van der Waals surface area contributed by atoms with Gasteiger partial charge < -0.3 is 15.2 Å². The Labute approximate surface area is 183 Å². The Kier molecular flexibility index (Phi) is 5.52. The minimum atomic E-state index is -1.06. The first-order valence-corrected chi connectivity index (χ1v) is 10.0. The van der Waals surface area contributed by atoms with Crippen molar-refractivity contribution < 1.29 is 28.2 Å². The van der Waals surface area contributed by atoms with Crippen LogP contribution in [0.25, 0.3) is 11.1 Å². The molecule has 0 spiro atoms. The van der Waals surface area contributed by atoms with Gasteiger partial charge in [0.2, 0.25) is 0 Å². The molecule has 0 saturated carbocycles. The lowest BCUT2D eigenvalue weighted by molar-refractivity contribution is 0.0109. The average molecular weight is 437 g/mol. The van der Waals surface area contributed by atoms with Crippen molar-refractivity contribution >= 4 is 17.4 Å². The van der Waals surface area contributed by atoms with Crippen molar-refractivity contribution in [3.63, 3.8) is 0 Å². The van der Waals surface area contributed by atoms with Crippen LogP contribution in [0.5, 0.6) is 5.75 Å². The molecule has 0 aliphatic carbocycles. The van der Waals surface area contributed by atoms with Gasteiger partial charge in [0.05, 0.1) is 18.6 Å². The summed E-state index contributed by atoms with van der Waals surface area (Å²) in [6, 6.07) is 13.5. The normalized spacial score (nSPS) is 17.5. The van der Waals surface area contributed by atoms with E-state index in [2.05, 4.69) is 5.32 Å². The first-order chi connectivity index (χ1) is 15.2. The number of fused-ring (bicyclic) bond motifs is 1. The highest BCUT2D eigenvalue weighted by atomic mass is 19.1. The van der Waals surface area contributed by atoms with E-state index >= 15 is 0 Å². The Morgan fingerprint density at radius 2 is 1.75 bits per heavy atom. The monoisotopic (exact) mass is 437 g/mol. The van der Waals surface area contributed by atoms with Crippen LogP contribution >= 0.6 is 0 Å². The zero-order valence-corrected chi connectivity index (χ0v) is 17.5. The third-order valence-electron chi connectivity index (χ3n) is 5.48. The van der Waals surface area contributed by atoms with E-state index in [1.807, 2.05) is 0 Å². The average Bonchev–Trinajstić information content (AvgIpc) is 2.77. The Balaban J connectivity index is 1.70. The van der Waals surface area contributed by atoms with Gasteiger partial charge in [0.25, 0.3) is 5.91 Å². The molecule has 164 valence electrons. The summed E-state index contributed by atoms with van der Waals surface area (Å²) in [7, 11) is 0. The smallest absolute Gasteiger partial charge is 0.255 e. The van der Waals surface area contributed by atoms with Gasteiger partial charge in [0.1, 0.15) is 28.7 Å². The number of aliphatic hydroxyl groups excluding tert-OH is 1. The zero-order chi connectivity index (χ0) is 23.0. The fourth-order valence-corrected chi connectivity index (χ4v) is 3.75. The maximum atomic E-state index is 14.8. The second-order valence-corrected chi connectivity index (χ2v) is 8.11. The molecule has 1 heterocycles. The van der Waals surface area contributed by atoms with Crippen LogP contribution in [0.2, 0.25) is 0 Å². The van der Waals surface area contributed by atoms with E-state index < -0.39 is 28.8 Å². The summed E-state index contributed by atoms with van der Waals surface area (Å²) in [4.78, 5) is 24.8. The molecular formula is C25H21F2NO4. The van der Waals surface area contributed by atoms with Crippen LogP contribution in [-0.4, -0.2) is 29.0 Å². The highest BCUT2D eigenvalue weighted by Crippen LogP contribution is 2.39. The van der Waals surface area contributed by atoms with E-state index in [-0.39, 0.29) is 35.7 Å². The fourth-order valence-electron chi connectivity index (χ4n) is 3.75. The molecule has 0 aromatic heterocycles. The summed E-state index contributed by atoms with van der Waals surface area (Å²) >= 11 is 0. The zero-order valence-electron chi connectivity index (χ0n) is 17.5. The van der Waals surface area contributed by atoms with Crippen LogP contribution in [0.3, 0.4) is 0 Å². The van der Waals surface area contributed by atoms with Gasteiger partial charge in [-0.1, -0.05) is 18.2 Å². The van der Waals surface area contributed by atoms with Gasteiger partial charge in [-0.15, -0.1) is 0 Å². The first kappa shape index (κ1) is 21.6. The summed E-state index contributed by atoms with van der Waals surface area (Å²) in [5, 5.41) is 11.9. The second-order valence-electron chi connectivity index (χ2n) is 8.11. The lowest BCUT2D eigenvalue weighted by atomic mass is 9.89. The number of ether oxygens (including phenoxy) is 1. The number of aliphatic hydroxyl groups is 1. The summed E-state index contributed by atoms with van der Waals surface area (Å²) in [6.45, 7) is 3.00. The van der Waals surface area contributed by atoms with Crippen LogP contribution in [0.15, 0.2) is 54.6 Å². The van der Waals surface area contributed by atoms with Crippen LogP contribution in [0.1, 0.15) is 39.6 Å². The number of halogens is 2. The number of amides is 1. The molecule has 1 aliphatic rings. The predicted molar refractivity (Wildman–Crippen MR) is 116 cm³/mol. The number of carbonyl (C=O) groups is 2. The molecule has 0 fully saturated rings. The van der Waals surface area contributed by atoms with Gasteiger partial charge in [-0.2, -0.15) is 0 Å². The van der Waals surface area contributed by atoms with E-state index in [1.165, 1.54) is 12.1 Å². The minimum absolute atomic E-state index is 0.0361. The van der Waals surface area contributed by atoms with Crippen molar-refractivity contribution in [1.82, 2.24) is 0 Å². The number of hydrogen-bond acceptors (Lipinski definition) is 4. The van der Waals surface area contributed by atoms with Crippen LogP contribution < -0.4 is 10.1 Å². The van der Waals surface area contributed by atoms with Crippen molar-refractivity contribution in [1.29, 1.82) is 0 Å². The number of hydrogen-bond donors (Lipinski definition) is 2. The third kappa shape index (κ3) is 3.99. The van der Waals surface area contributed by atoms with E-state index in [4.69, 9.17) is 4.74 Å². The van der Waals surface area contributed by atoms with Crippen molar-refractivity contribution in [2.45, 2.75) is 25.9 Å². The Morgan fingerprint density at radius 1 is 1.09 bits per heavy atom. The number of Topliss-reactive ketones (excluding diaryl/α,β-unsaturated/α-hetero) is 1. The topological polar surface area (TPSA) is 75.6 Å². The molecule has 0 saturated heterocycles. The SMILES string of the molecule is Cc1cc2c(cc1-c1cc(F)c(NC(=O)c3ccccc3)c(F)c1)OC(C)(CO)CC2=O. The lowest BCUT2D eigenvalue weighted by Crippen LogP contribution is -2.42. The van der Waals surface area contributed by atoms with E-state index in [9.17, 15) is 23.5 Å². The van der Waals surface area contributed by atoms with Crippen LogP contribution in [0.4, 0.5) is 14.5 Å². The summed E-state index contributed by atoms with van der Waals surface area (Å²) < 4.78 is 35.4. The molecule has 32 heavy (non-hydrogen) atoms. The summed E-state index contributed by atoms with van der Waals surface area (Å²) in [6.07, 6.45) is 0.0361. The molecule has 0 radical (unpaired) electrons. The molecule has 2 N–H and O–H groups in total. The second kappa shape index (κ2) is 8.16. The molecule has 1 amide bonds. The third-order valence-corrected chi connectivity index (χ3v) is 5.48. The number of rotatable bonds is 4. The van der Waals surface area contributed by atoms with E-state index in [1.54, 1.807) is 44.2 Å². The Hall–Kier alpha value is -3.58. The highest BCUT2D eigenvalue weighted by Gasteiger charge is 2.36. The Bertz CT molecular complexity index is 1200. The van der Waals surface area contributed by atoms with Crippen molar-refractivity contribution in [2.24, 2.45) is 0 Å². The molecule has 1 aliphatic heterocycles. The molecule has 4 rings (SSSR count). The summed E-state index contributed by atoms with van der Waals surface area (Å²) in [5.41, 5.74) is 0.367. The lowest BCUT2D eigenvalue weighted by Gasteiger charge is -2.33. The molecule has 1 unspecified atom stereocenters. The van der Waals surface area contributed by atoms with Gasteiger partial charge in [0, 0.05) is 5.56 Å². The molecule has 3 aromatic carbocycles.